The first-order valence-electron chi connectivity index (χ1n) is 8.52. The first-order valence-corrected chi connectivity index (χ1v) is 10.3. The van der Waals surface area contributed by atoms with Crippen molar-refractivity contribution in [3.8, 4) is 0 Å². The van der Waals surface area contributed by atoms with Crippen molar-refractivity contribution in [3.05, 3.63) is 11.3 Å². The van der Waals surface area contributed by atoms with Gasteiger partial charge in [0.15, 0.2) is 4.34 Å². The minimum absolute atomic E-state index is 0.0622. The number of β-lactam (4-membered cyclic amide) rings is 1. The number of aliphatic carboxylic acids is 1. The van der Waals surface area contributed by atoms with Crippen molar-refractivity contribution in [2.45, 2.75) is 22.8 Å². The molecule has 0 radical (unpaired) electrons. The van der Waals surface area contributed by atoms with E-state index in [1.165, 1.54) is 21.6 Å². The zero-order valence-electron chi connectivity index (χ0n) is 14.8. The molecule has 14 heteroatoms. The van der Waals surface area contributed by atoms with E-state index < -0.39 is 30.1 Å². The highest BCUT2D eigenvalue weighted by Crippen LogP contribution is 2.49. The lowest BCUT2D eigenvalue weighted by molar-refractivity contribution is -0.168. The van der Waals surface area contributed by atoms with Gasteiger partial charge in [-0.25, -0.2) is 9.59 Å². The van der Waals surface area contributed by atoms with Crippen LogP contribution in [0.15, 0.2) is 15.6 Å². The van der Waals surface area contributed by atoms with Gasteiger partial charge in [-0.1, -0.05) is 23.1 Å². The minimum atomic E-state index is -1.28. The Balaban J connectivity index is 1.49. The summed E-state index contributed by atoms with van der Waals surface area (Å²) in [6.07, 6.45) is -0.581. The molecule has 1 aromatic rings. The molecule has 1 unspecified atom stereocenters. The second kappa shape index (κ2) is 7.18. The number of thioether (sulfide) groups is 1. The van der Waals surface area contributed by atoms with Crippen LogP contribution in [0, 0.1) is 5.92 Å². The fraction of sp³-hybridized carbons (Fsp3) is 0.467. The summed E-state index contributed by atoms with van der Waals surface area (Å²) in [6, 6.07) is -1.21. The second-order valence-electron chi connectivity index (χ2n) is 6.61. The molecule has 1 aromatic heterocycles. The van der Waals surface area contributed by atoms with E-state index in [1.807, 2.05) is 0 Å². The topological polar surface area (TPSA) is 182 Å². The van der Waals surface area contributed by atoms with Crippen LogP contribution >= 0.6 is 23.1 Å². The molecule has 154 valence electrons. The average molecular weight is 440 g/mol. The van der Waals surface area contributed by atoms with Gasteiger partial charge in [-0.2, -0.15) is 0 Å². The lowest BCUT2D eigenvalue weighted by atomic mass is 9.78. The molecule has 2 saturated heterocycles. The van der Waals surface area contributed by atoms with Gasteiger partial charge in [0.1, 0.15) is 18.3 Å². The highest BCUT2D eigenvalue weighted by atomic mass is 32.2. The number of carboxylic acids is 1. The highest BCUT2D eigenvalue weighted by Gasteiger charge is 2.64. The molecule has 3 aliphatic rings. The SMILES string of the molecule is NC(=O)OCC1=C(C(=O)O)N2C(=O)[C@@H]3[C@H]2C1CCN3C(=O)CSc1nnc(N)s1. The number of ether oxygens (including phenoxy) is 1. The molecule has 29 heavy (non-hydrogen) atoms. The smallest absolute Gasteiger partial charge is 0.404 e. The number of rotatable bonds is 6. The summed E-state index contributed by atoms with van der Waals surface area (Å²) in [5.74, 6) is -2.23. The van der Waals surface area contributed by atoms with Crippen LogP contribution in [0.3, 0.4) is 0 Å². The Kier molecular flexibility index (Phi) is 4.82. The maximum atomic E-state index is 12.7. The number of hydrogen-bond donors (Lipinski definition) is 3. The molecule has 5 N–H and O–H groups in total. The van der Waals surface area contributed by atoms with Crippen molar-refractivity contribution < 1.29 is 29.0 Å². The molecule has 0 aliphatic carbocycles. The third-order valence-corrected chi connectivity index (χ3v) is 7.04. The number of likely N-dealkylation sites (tertiary alicyclic amines) is 1. The monoisotopic (exact) mass is 440 g/mol. The number of amides is 3. The molecule has 12 nitrogen and oxygen atoms in total. The maximum absolute atomic E-state index is 12.7. The lowest BCUT2D eigenvalue weighted by Crippen LogP contribution is -2.73. The predicted octanol–water partition coefficient (Wildman–Crippen LogP) is -0.912. The number of nitrogens with zero attached hydrogens (tertiary/aromatic N) is 4. The van der Waals surface area contributed by atoms with E-state index in [4.69, 9.17) is 16.2 Å². The third-order valence-electron chi connectivity index (χ3n) is 5.17. The largest absolute Gasteiger partial charge is 0.477 e. The van der Waals surface area contributed by atoms with Crippen LogP contribution < -0.4 is 11.5 Å². The van der Waals surface area contributed by atoms with Gasteiger partial charge in [-0.05, 0) is 6.42 Å². The Bertz CT molecular complexity index is 947. The van der Waals surface area contributed by atoms with Gasteiger partial charge in [0.2, 0.25) is 11.0 Å². The average Bonchev–Trinajstić information content (AvgIpc) is 3.23. The first kappa shape index (κ1) is 19.4. The molecular formula is C15H16N6O6S2. The van der Waals surface area contributed by atoms with Gasteiger partial charge in [0.25, 0.3) is 5.91 Å². The number of anilines is 1. The summed E-state index contributed by atoms with van der Waals surface area (Å²) in [6.45, 7) is -0.00701. The van der Waals surface area contributed by atoms with Crippen LogP contribution in [0.1, 0.15) is 6.42 Å². The number of primary amides is 1. The Morgan fingerprint density at radius 1 is 1.34 bits per heavy atom. The van der Waals surface area contributed by atoms with Gasteiger partial charge in [0, 0.05) is 18.0 Å². The fourth-order valence-corrected chi connectivity index (χ4v) is 5.62. The number of hydrogen-bond acceptors (Lipinski definition) is 10. The van der Waals surface area contributed by atoms with E-state index in [0.29, 0.717) is 21.5 Å². The van der Waals surface area contributed by atoms with Crippen molar-refractivity contribution >= 4 is 52.1 Å². The van der Waals surface area contributed by atoms with Gasteiger partial charge in [-0.15, -0.1) is 10.2 Å². The highest BCUT2D eigenvalue weighted by molar-refractivity contribution is 8.01. The van der Waals surface area contributed by atoms with E-state index in [9.17, 15) is 24.3 Å². The lowest BCUT2D eigenvalue weighted by Gasteiger charge is -2.53. The minimum Gasteiger partial charge on any atom is -0.477 e. The normalized spacial score (nSPS) is 25.0. The number of nitrogen functional groups attached to an aromatic ring is 1. The van der Waals surface area contributed by atoms with E-state index in [-0.39, 0.29) is 36.4 Å². The molecule has 4 heterocycles. The zero-order chi connectivity index (χ0) is 20.9. The molecule has 4 rings (SSSR count). The van der Waals surface area contributed by atoms with E-state index in [0.717, 1.165) is 11.3 Å². The van der Waals surface area contributed by atoms with Gasteiger partial charge in [0.05, 0.1) is 11.8 Å². The van der Waals surface area contributed by atoms with Crippen LogP contribution in [0.4, 0.5) is 9.93 Å². The molecule has 3 atom stereocenters. The number of carbonyl (C=O) groups excluding carboxylic acids is 3. The van der Waals surface area contributed by atoms with Crippen LogP contribution in [0.5, 0.6) is 0 Å². The standard InChI is InChI=1S/C15H16N6O6S2/c16-13-18-19-15(29-13)28-4-7(22)20-2-1-5-6(3-27-14(17)26)9(12(24)25)21-8(5)10(20)11(21)23/h5,8,10H,1-4H2,(H2,16,18)(H2,17,26)(H,24,25)/t5?,8-,10+/m1/s1. The molecule has 2 fully saturated rings. The van der Waals surface area contributed by atoms with Crippen molar-refractivity contribution in [2.24, 2.45) is 11.7 Å². The van der Waals surface area contributed by atoms with Crippen LogP contribution in [-0.2, 0) is 19.1 Å². The fourth-order valence-electron chi connectivity index (χ4n) is 4.10. The molecule has 0 aromatic carbocycles. The Morgan fingerprint density at radius 3 is 2.72 bits per heavy atom. The van der Waals surface area contributed by atoms with Crippen molar-refractivity contribution in [2.75, 3.05) is 24.6 Å². The molecule has 0 bridgehead atoms. The first-order chi connectivity index (χ1) is 13.8. The van der Waals surface area contributed by atoms with Crippen molar-refractivity contribution in [3.63, 3.8) is 0 Å². The molecular weight excluding hydrogens is 424 g/mol. The molecule has 0 spiro atoms. The predicted molar refractivity (Wildman–Crippen MR) is 99.5 cm³/mol. The maximum Gasteiger partial charge on any atom is 0.404 e. The second-order valence-corrected chi connectivity index (χ2v) is 8.84. The number of nitrogens with two attached hydrogens (primary N) is 2. The van der Waals surface area contributed by atoms with Crippen LogP contribution in [-0.4, -0.2) is 80.0 Å². The van der Waals surface area contributed by atoms with Crippen LogP contribution in [0.25, 0.3) is 0 Å². The Labute approximate surface area is 171 Å². The van der Waals surface area contributed by atoms with E-state index in [1.54, 1.807) is 0 Å². The van der Waals surface area contributed by atoms with E-state index in [2.05, 4.69) is 10.2 Å². The molecule has 3 amide bonds. The van der Waals surface area contributed by atoms with E-state index >= 15 is 0 Å². The summed E-state index contributed by atoms with van der Waals surface area (Å²) >= 11 is 2.34. The number of piperidine rings is 1. The number of aromatic nitrogens is 2. The number of carboxylic acid groups (broad SMARTS) is 1. The van der Waals surface area contributed by atoms with Gasteiger partial charge < -0.3 is 26.2 Å². The summed E-state index contributed by atoms with van der Waals surface area (Å²) in [7, 11) is 0. The summed E-state index contributed by atoms with van der Waals surface area (Å²) < 4.78 is 5.34. The number of carbonyl (C=O) groups is 4. The molecule has 3 aliphatic heterocycles. The van der Waals surface area contributed by atoms with Crippen LogP contribution in [0.2, 0.25) is 0 Å². The summed E-state index contributed by atoms with van der Waals surface area (Å²) in [4.78, 5) is 50.8. The van der Waals surface area contributed by atoms with Gasteiger partial charge >= 0.3 is 12.1 Å². The Morgan fingerprint density at radius 2 is 2.10 bits per heavy atom. The zero-order valence-corrected chi connectivity index (χ0v) is 16.4. The Hall–Kier alpha value is -2.87. The van der Waals surface area contributed by atoms with Crippen molar-refractivity contribution in [1.82, 2.24) is 20.0 Å². The van der Waals surface area contributed by atoms with Crippen molar-refractivity contribution in [1.29, 1.82) is 0 Å². The molecule has 0 saturated carbocycles. The van der Waals surface area contributed by atoms with Gasteiger partial charge in [-0.3, -0.25) is 14.5 Å². The quantitative estimate of drug-likeness (QED) is 0.370. The summed E-state index contributed by atoms with van der Waals surface area (Å²) in [5, 5.41) is 17.4. The third kappa shape index (κ3) is 3.17. The summed E-state index contributed by atoms with van der Waals surface area (Å²) in [5.41, 5.74) is 10.7.